The number of urea groups is 1. The van der Waals surface area contributed by atoms with Gasteiger partial charge >= 0.3 is 6.03 Å². The van der Waals surface area contributed by atoms with Crippen LogP contribution < -0.4 is 10.6 Å². The van der Waals surface area contributed by atoms with Crippen LogP contribution in [0.3, 0.4) is 0 Å². The summed E-state index contributed by atoms with van der Waals surface area (Å²) in [7, 11) is 0. The Bertz CT molecular complexity index is 863. The molecule has 0 spiro atoms. The van der Waals surface area contributed by atoms with Crippen molar-refractivity contribution in [2.24, 2.45) is 0 Å². The van der Waals surface area contributed by atoms with Crippen molar-refractivity contribution in [3.8, 4) is 11.3 Å². The van der Waals surface area contributed by atoms with Gasteiger partial charge in [-0.25, -0.2) is 4.79 Å². The molecule has 0 radical (unpaired) electrons. The number of nitrogens with one attached hydrogen (secondary N) is 3. The number of aromatic amines is 1. The molecule has 3 aromatic rings. The van der Waals surface area contributed by atoms with Crippen LogP contribution in [0.15, 0.2) is 54.6 Å². The third-order valence-electron chi connectivity index (χ3n) is 4.95. The van der Waals surface area contributed by atoms with Gasteiger partial charge in [0.15, 0.2) is 0 Å². The van der Waals surface area contributed by atoms with E-state index in [1.54, 1.807) is 0 Å². The van der Waals surface area contributed by atoms with E-state index in [0.29, 0.717) is 6.04 Å². The van der Waals surface area contributed by atoms with Crippen LogP contribution in [0.1, 0.15) is 32.1 Å². The first kappa shape index (κ1) is 15.8. The highest BCUT2D eigenvalue weighted by Gasteiger charge is 2.19. The van der Waals surface area contributed by atoms with E-state index in [9.17, 15) is 4.79 Å². The molecule has 25 heavy (non-hydrogen) atoms. The van der Waals surface area contributed by atoms with Crippen molar-refractivity contribution in [2.45, 2.75) is 38.1 Å². The molecule has 4 rings (SSSR count). The van der Waals surface area contributed by atoms with E-state index < -0.39 is 0 Å². The van der Waals surface area contributed by atoms with Crippen LogP contribution in [0.2, 0.25) is 0 Å². The summed E-state index contributed by atoms with van der Waals surface area (Å²) in [5.41, 5.74) is 3.87. The van der Waals surface area contributed by atoms with Gasteiger partial charge < -0.3 is 15.6 Å². The van der Waals surface area contributed by atoms with E-state index in [4.69, 9.17) is 0 Å². The summed E-state index contributed by atoms with van der Waals surface area (Å²) < 4.78 is 0. The van der Waals surface area contributed by atoms with Crippen molar-refractivity contribution in [2.75, 3.05) is 5.32 Å². The zero-order valence-electron chi connectivity index (χ0n) is 14.2. The van der Waals surface area contributed by atoms with E-state index in [2.05, 4.69) is 27.8 Å². The summed E-state index contributed by atoms with van der Waals surface area (Å²) in [5.74, 6) is 0. The number of hydrogen-bond donors (Lipinski definition) is 3. The maximum Gasteiger partial charge on any atom is 0.319 e. The van der Waals surface area contributed by atoms with Crippen molar-refractivity contribution in [1.29, 1.82) is 0 Å². The van der Waals surface area contributed by atoms with Crippen molar-refractivity contribution in [3.05, 3.63) is 54.6 Å². The summed E-state index contributed by atoms with van der Waals surface area (Å²) >= 11 is 0. The Kier molecular flexibility index (Phi) is 4.42. The fraction of sp³-hybridized carbons (Fsp3) is 0.286. The minimum Gasteiger partial charge on any atom is -0.353 e. The molecule has 1 fully saturated rings. The number of H-pyrrole nitrogens is 1. The number of carbonyl (C=O) groups excluding carboxylic acids is 1. The van der Waals surface area contributed by atoms with Crippen LogP contribution in [0.4, 0.5) is 10.5 Å². The van der Waals surface area contributed by atoms with E-state index in [0.717, 1.165) is 40.7 Å². The molecule has 0 unspecified atom stereocenters. The molecule has 1 aliphatic carbocycles. The van der Waals surface area contributed by atoms with Gasteiger partial charge in [0.1, 0.15) is 0 Å². The van der Waals surface area contributed by atoms with Gasteiger partial charge in [-0.2, -0.15) is 0 Å². The molecule has 1 aliphatic rings. The van der Waals surface area contributed by atoms with Gasteiger partial charge in [0.25, 0.3) is 0 Å². The average molecular weight is 333 g/mol. The number of fused-ring (bicyclic) bond motifs is 1. The van der Waals surface area contributed by atoms with Gasteiger partial charge in [-0.3, -0.25) is 0 Å². The molecule has 1 heterocycles. The van der Waals surface area contributed by atoms with Gasteiger partial charge in [-0.1, -0.05) is 67.8 Å². The number of amides is 2. The molecule has 4 nitrogen and oxygen atoms in total. The number of carbonyl (C=O) groups is 1. The Morgan fingerprint density at radius 3 is 2.44 bits per heavy atom. The number of rotatable bonds is 3. The minimum absolute atomic E-state index is 0.117. The summed E-state index contributed by atoms with van der Waals surface area (Å²) in [5, 5.41) is 7.26. The molecule has 128 valence electrons. The summed E-state index contributed by atoms with van der Waals surface area (Å²) in [6, 6.07) is 18.3. The Morgan fingerprint density at radius 1 is 0.920 bits per heavy atom. The van der Waals surface area contributed by atoms with Crippen LogP contribution >= 0.6 is 0 Å². The highest BCUT2D eigenvalue weighted by atomic mass is 16.2. The lowest BCUT2D eigenvalue weighted by atomic mass is 9.96. The van der Waals surface area contributed by atoms with Crippen molar-refractivity contribution < 1.29 is 4.79 Å². The second-order valence-corrected chi connectivity index (χ2v) is 6.72. The summed E-state index contributed by atoms with van der Waals surface area (Å²) in [4.78, 5) is 16.0. The molecular formula is C21H23N3O. The topological polar surface area (TPSA) is 56.9 Å². The highest BCUT2D eigenvalue weighted by molar-refractivity contribution is 6.07. The standard InChI is InChI=1S/C21H23N3O/c25-21(22-16-11-5-2-6-12-16)24-20-17-13-7-8-14-18(17)23-19(20)15-9-3-1-4-10-15/h1,3-4,7-10,13-14,16,23H,2,5-6,11-12H2,(H2,22,24,25). The maximum atomic E-state index is 12.6. The van der Waals surface area contributed by atoms with Crippen molar-refractivity contribution >= 4 is 22.6 Å². The number of hydrogen-bond acceptors (Lipinski definition) is 1. The molecule has 0 saturated heterocycles. The smallest absolute Gasteiger partial charge is 0.319 e. The lowest BCUT2D eigenvalue weighted by Gasteiger charge is -2.23. The lowest BCUT2D eigenvalue weighted by molar-refractivity contribution is 0.244. The second-order valence-electron chi connectivity index (χ2n) is 6.72. The molecule has 0 atom stereocenters. The summed E-state index contributed by atoms with van der Waals surface area (Å²) in [6.45, 7) is 0. The van der Waals surface area contributed by atoms with Gasteiger partial charge in [0.05, 0.1) is 11.4 Å². The first-order chi connectivity index (χ1) is 12.3. The fourth-order valence-electron chi connectivity index (χ4n) is 3.68. The van der Waals surface area contributed by atoms with Crippen molar-refractivity contribution in [3.63, 3.8) is 0 Å². The minimum atomic E-state index is -0.117. The third kappa shape index (κ3) is 3.38. The zero-order valence-corrected chi connectivity index (χ0v) is 14.2. The maximum absolute atomic E-state index is 12.6. The van der Waals surface area contributed by atoms with Gasteiger partial charge in [-0.15, -0.1) is 0 Å². The molecule has 0 aliphatic heterocycles. The first-order valence-corrected chi connectivity index (χ1v) is 9.05. The van der Waals surface area contributed by atoms with Crippen LogP contribution in [0.25, 0.3) is 22.2 Å². The van der Waals surface area contributed by atoms with Crippen LogP contribution in [-0.4, -0.2) is 17.1 Å². The molecular weight excluding hydrogens is 310 g/mol. The first-order valence-electron chi connectivity index (χ1n) is 9.05. The Balaban J connectivity index is 1.64. The summed E-state index contributed by atoms with van der Waals surface area (Å²) in [6.07, 6.45) is 5.83. The average Bonchev–Trinajstić information content (AvgIpc) is 3.02. The molecule has 2 aromatic carbocycles. The van der Waals surface area contributed by atoms with E-state index >= 15 is 0 Å². The largest absolute Gasteiger partial charge is 0.353 e. The van der Waals surface area contributed by atoms with Crippen molar-refractivity contribution in [1.82, 2.24) is 10.3 Å². The fourth-order valence-corrected chi connectivity index (χ4v) is 3.68. The van der Waals surface area contributed by atoms with Gasteiger partial charge in [-0.05, 0) is 18.9 Å². The molecule has 1 aromatic heterocycles. The van der Waals surface area contributed by atoms with Crippen LogP contribution in [0.5, 0.6) is 0 Å². The Morgan fingerprint density at radius 2 is 1.64 bits per heavy atom. The third-order valence-corrected chi connectivity index (χ3v) is 4.95. The van der Waals surface area contributed by atoms with Gasteiger partial charge in [0, 0.05) is 22.5 Å². The highest BCUT2D eigenvalue weighted by Crippen LogP contribution is 2.34. The van der Waals surface area contributed by atoms with Gasteiger partial charge in [0.2, 0.25) is 0 Å². The quantitative estimate of drug-likeness (QED) is 0.599. The van der Waals surface area contributed by atoms with E-state index in [1.807, 2.05) is 42.5 Å². The molecule has 0 bridgehead atoms. The second kappa shape index (κ2) is 7.01. The SMILES string of the molecule is O=C(Nc1c(-c2ccccc2)[nH]c2ccccc12)NC1CCCCC1. The number of aromatic nitrogens is 1. The van der Waals surface area contributed by atoms with Crippen LogP contribution in [0, 0.1) is 0 Å². The molecule has 3 N–H and O–H groups in total. The van der Waals surface area contributed by atoms with Crippen LogP contribution in [-0.2, 0) is 0 Å². The van der Waals surface area contributed by atoms with E-state index in [1.165, 1.54) is 19.3 Å². The monoisotopic (exact) mass is 333 g/mol. The number of para-hydroxylation sites is 1. The molecule has 2 amide bonds. The lowest BCUT2D eigenvalue weighted by Crippen LogP contribution is -2.39. The predicted octanol–water partition coefficient (Wildman–Crippen LogP) is 5.29. The Hall–Kier alpha value is -2.75. The Labute approximate surface area is 147 Å². The van der Waals surface area contributed by atoms with E-state index in [-0.39, 0.29) is 6.03 Å². The number of benzene rings is 2. The number of anilines is 1. The molecule has 4 heteroatoms. The zero-order chi connectivity index (χ0) is 17.1. The molecule has 1 saturated carbocycles. The predicted molar refractivity (Wildman–Crippen MR) is 103 cm³/mol. The normalized spacial score (nSPS) is 15.2.